The molecule has 0 aliphatic heterocycles. The molecule has 3 heterocycles. The lowest BCUT2D eigenvalue weighted by atomic mass is 9.95. The Kier molecular flexibility index (Phi) is 7.36. The van der Waals surface area contributed by atoms with Crippen LogP contribution >= 0.6 is 11.3 Å². The second-order valence-corrected chi connectivity index (χ2v) is 10.3. The summed E-state index contributed by atoms with van der Waals surface area (Å²) in [7, 11) is 0. The highest BCUT2D eigenvalue weighted by molar-refractivity contribution is 7.13. The van der Waals surface area contributed by atoms with Gasteiger partial charge < -0.3 is 15.7 Å². The summed E-state index contributed by atoms with van der Waals surface area (Å²) in [5.41, 5.74) is 1.64. The number of carbonyl (C=O) groups is 2. The number of carbonyl (C=O) groups excluding carboxylic acids is 1. The molecule has 1 atom stereocenters. The van der Waals surface area contributed by atoms with E-state index in [1.165, 1.54) is 37.5 Å². The van der Waals surface area contributed by atoms with Crippen LogP contribution in [0.3, 0.4) is 0 Å². The van der Waals surface area contributed by atoms with Gasteiger partial charge >= 0.3 is 5.97 Å². The van der Waals surface area contributed by atoms with Crippen molar-refractivity contribution >= 4 is 40.4 Å². The SMILES string of the molecule is O=C(O)CC(NC(=O)c1cccn2c(NC3CCCCC3)c(-c3cccs3)nc12)c1cccc([N+](=O)[O-])c1. The number of benzene rings is 1. The second kappa shape index (κ2) is 11.0. The second-order valence-electron chi connectivity index (χ2n) is 9.36. The van der Waals surface area contributed by atoms with E-state index in [2.05, 4.69) is 10.6 Å². The average Bonchev–Trinajstić information content (AvgIpc) is 3.57. The van der Waals surface area contributed by atoms with Gasteiger partial charge in [-0.2, -0.15) is 0 Å². The van der Waals surface area contributed by atoms with Crippen molar-refractivity contribution in [2.45, 2.75) is 50.6 Å². The minimum Gasteiger partial charge on any atom is -0.481 e. The summed E-state index contributed by atoms with van der Waals surface area (Å²) >= 11 is 1.56. The third-order valence-electron chi connectivity index (χ3n) is 6.76. The molecule has 1 fully saturated rings. The van der Waals surface area contributed by atoms with Crippen molar-refractivity contribution in [3.8, 4) is 10.6 Å². The van der Waals surface area contributed by atoms with Crippen LogP contribution in [-0.2, 0) is 4.79 Å². The lowest BCUT2D eigenvalue weighted by molar-refractivity contribution is -0.384. The van der Waals surface area contributed by atoms with Gasteiger partial charge in [-0.25, -0.2) is 4.98 Å². The Morgan fingerprint density at radius 3 is 2.68 bits per heavy atom. The molecule has 4 aromatic rings. The maximum Gasteiger partial charge on any atom is 0.305 e. The van der Waals surface area contributed by atoms with E-state index in [1.54, 1.807) is 29.5 Å². The predicted molar refractivity (Wildman–Crippen MR) is 145 cm³/mol. The van der Waals surface area contributed by atoms with E-state index >= 15 is 0 Å². The molecule has 10 nitrogen and oxygen atoms in total. The number of fused-ring (bicyclic) bond motifs is 1. The largest absolute Gasteiger partial charge is 0.481 e. The Labute approximate surface area is 222 Å². The normalized spacial score (nSPS) is 14.7. The van der Waals surface area contributed by atoms with Crippen molar-refractivity contribution in [3.05, 3.63) is 81.3 Å². The Morgan fingerprint density at radius 2 is 1.97 bits per heavy atom. The number of carboxylic acid groups (broad SMARTS) is 1. The third kappa shape index (κ3) is 5.37. The number of nitro benzene ring substituents is 1. The van der Waals surface area contributed by atoms with Gasteiger partial charge in [0.15, 0.2) is 5.65 Å². The van der Waals surface area contributed by atoms with Gasteiger partial charge in [0.05, 0.1) is 27.8 Å². The number of hydrogen-bond acceptors (Lipinski definition) is 7. The van der Waals surface area contributed by atoms with E-state index in [-0.39, 0.29) is 11.3 Å². The first-order chi connectivity index (χ1) is 18.4. The number of aliphatic carboxylic acids is 1. The molecule has 0 bridgehead atoms. The summed E-state index contributed by atoms with van der Waals surface area (Å²) in [6.45, 7) is 0. The number of nitrogens with zero attached hydrogens (tertiary/aromatic N) is 3. The van der Waals surface area contributed by atoms with Gasteiger partial charge in [0.2, 0.25) is 0 Å². The fourth-order valence-electron chi connectivity index (χ4n) is 4.93. The third-order valence-corrected chi connectivity index (χ3v) is 7.64. The number of aromatic nitrogens is 2. The van der Waals surface area contributed by atoms with E-state index in [0.29, 0.717) is 17.3 Å². The number of nitro groups is 1. The number of amides is 1. The smallest absolute Gasteiger partial charge is 0.305 e. The number of rotatable bonds is 9. The molecule has 1 aliphatic carbocycles. The highest BCUT2D eigenvalue weighted by Gasteiger charge is 2.25. The summed E-state index contributed by atoms with van der Waals surface area (Å²) in [6, 6.07) is 12.3. The molecule has 0 spiro atoms. The first kappa shape index (κ1) is 25.4. The Balaban J connectivity index is 1.52. The number of hydrogen-bond donors (Lipinski definition) is 3. The van der Waals surface area contributed by atoms with Gasteiger partial charge in [-0.05, 0) is 42.0 Å². The van der Waals surface area contributed by atoms with Crippen molar-refractivity contribution in [2.75, 3.05) is 5.32 Å². The van der Waals surface area contributed by atoms with Crippen molar-refractivity contribution in [1.82, 2.24) is 14.7 Å². The maximum absolute atomic E-state index is 13.5. The zero-order valence-electron chi connectivity index (χ0n) is 20.5. The maximum atomic E-state index is 13.5. The summed E-state index contributed by atoms with van der Waals surface area (Å²) in [4.78, 5) is 41.7. The van der Waals surface area contributed by atoms with Gasteiger partial charge in [0, 0.05) is 24.4 Å². The minimum atomic E-state index is -1.14. The van der Waals surface area contributed by atoms with Gasteiger partial charge in [0.1, 0.15) is 11.5 Å². The lowest BCUT2D eigenvalue weighted by Crippen LogP contribution is -2.30. The fourth-order valence-corrected chi connectivity index (χ4v) is 5.64. The van der Waals surface area contributed by atoms with Crippen LogP contribution in [0.2, 0.25) is 0 Å². The van der Waals surface area contributed by atoms with Gasteiger partial charge in [-0.3, -0.25) is 24.1 Å². The first-order valence-electron chi connectivity index (χ1n) is 12.5. The number of thiophene rings is 1. The predicted octanol–water partition coefficient (Wildman–Crippen LogP) is 5.66. The summed E-state index contributed by atoms with van der Waals surface area (Å²) < 4.78 is 1.87. The Hall–Kier alpha value is -4.25. The zero-order chi connectivity index (χ0) is 26.6. The van der Waals surface area contributed by atoms with E-state index in [0.717, 1.165) is 29.2 Å². The average molecular weight is 534 g/mol. The number of imidazole rings is 1. The molecule has 1 aromatic carbocycles. The first-order valence-corrected chi connectivity index (χ1v) is 13.4. The molecule has 3 aromatic heterocycles. The molecular weight excluding hydrogens is 506 g/mol. The molecule has 1 aliphatic rings. The summed E-state index contributed by atoms with van der Waals surface area (Å²) in [6.07, 6.45) is 7.12. The van der Waals surface area contributed by atoms with E-state index in [4.69, 9.17) is 4.98 Å². The molecule has 1 amide bonds. The van der Waals surface area contributed by atoms with Crippen LogP contribution in [0.15, 0.2) is 60.1 Å². The van der Waals surface area contributed by atoms with Crippen LogP contribution in [0, 0.1) is 10.1 Å². The number of anilines is 1. The van der Waals surface area contributed by atoms with Crippen LogP contribution in [0.4, 0.5) is 11.5 Å². The van der Waals surface area contributed by atoms with Crippen molar-refractivity contribution in [2.24, 2.45) is 0 Å². The highest BCUT2D eigenvalue weighted by Crippen LogP contribution is 2.35. The van der Waals surface area contributed by atoms with Crippen molar-refractivity contribution in [3.63, 3.8) is 0 Å². The highest BCUT2D eigenvalue weighted by atomic mass is 32.1. The van der Waals surface area contributed by atoms with Crippen molar-refractivity contribution in [1.29, 1.82) is 0 Å². The van der Waals surface area contributed by atoms with Gasteiger partial charge in [0.25, 0.3) is 11.6 Å². The van der Waals surface area contributed by atoms with E-state index in [1.807, 2.05) is 28.1 Å². The molecule has 0 radical (unpaired) electrons. The molecular formula is C27H27N5O5S. The number of nitrogens with one attached hydrogen (secondary N) is 2. The summed E-state index contributed by atoms with van der Waals surface area (Å²) in [5.74, 6) is -0.829. The zero-order valence-corrected chi connectivity index (χ0v) is 21.3. The molecule has 196 valence electrons. The number of non-ortho nitro benzene ring substituents is 1. The molecule has 1 unspecified atom stereocenters. The van der Waals surface area contributed by atoms with E-state index < -0.39 is 29.3 Å². The lowest BCUT2D eigenvalue weighted by Gasteiger charge is -2.24. The summed E-state index contributed by atoms with van der Waals surface area (Å²) in [5, 5.41) is 29.1. The van der Waals surface area contributed by atoms with Crippen LogP contribution in [0.1, 0.15) is 60.5 Å². The Bertz CT molecular complexity index is 1480. The molecule has 3 N–H and O–H groups in total. The Morgan fingerprint density at radius 1 is 1.16 bits per heavy atom. The van der Waals surface area contributed by atoms with Gasteiger partial charge in [-0.1, -0.05) is 37.5 Å². The quantitative estimate of drug-likeness (QED) is 0.186. The van der Waals surface area contributed by atoms with Crippen LogP contribution < -0.4 is 10.6 Å². The molecule has 5 rings (SSSR count). The van der Waals surface area contributed by atoms with Crippen LogP contribution in [0.25, 0.3) is 16.2 Å². The number of carboxylic acids is 1. The van der Waals surface area contributed by atoms with Crippen molar-refractivity contribution < 1.29 is 19.6 Å². The van der Waals surface area contributed by atoms with E-state index in [9.17, 15) is 24.8 Å². The molecule has 0 saturated heterocycles. The molecule has 11 heteroatoms. The monoisotopic (exact) mass is 533 g/mol. The molecule has 38 heavy (non-hydrogen) atoms. The van der Waals surface area contributed by atoms with Crippen LogP contribution in [-0.4, -0.2) is 37.3 Å². The number of pyridine rings is 1. The topological polar surface area (TPSA) is 139 Å². The minimum absolute atomic E-state index is 0.179. The van der Waals surface area contributed by atoms with Crippen LogP contribution in [0.5, 0.6) is 0 Å². The fraction of sp³-hybridized carbons (Fsp3) is 0.296. The molecule has 1 saturated carbocycles. The van der Waals surface area contributed by atoms with Gasteiger partial charge in [-0.15, -0.1) is 11.3 Å². The standard InChI is InChI=1S/C27H27N5O5S/c33-23(34)16-21(17-7-4-10-19(15-17)32(36)37)29-27(35)20-11-5-13-31-25(20)30-24(22-12-6-14-38-22)26(31)28-18-8-2-1-3-9-18/h4-7,10-15,18,21,28H,1-3,8-9,16H2,(H,29,35)(H,33,34).